The van der Waals surface area contributed by atoms with E-state index in [1.165, 1.54) is 32.1 Å². The normalized spacial score (nSPS) is 33.8. The van der Waals surface area contributed by atoms with Crippen LogP contribution in [0.25, 0.3) is 0 Å². The zero-order valence-electron chi connectivity index (χ0n) is 14.2. The van der Waals surface area contributed by atoms with E-state index in [2.05, 4.69) is 25.7 Å². The number of hydrogen-bond donors (Lipinski definition) is 1. The van der Waals surface area contributed by atoms with Crippen molar-refractivity contribution in [1.82, 2.24) is 4.90 Å². The maximum Gasteiger partial charge on any atom is 0.310 e. The summed E-state index contributed by atoms with van der Waals surface area (Å²) in [6, 6.07) is 0. The lowest BCUT2D eigenvalue weighted by Gasteiger charge is -2.45. The molecule has 2 rings (SSSR count). The molecule has 3 heteroatoms. The van der Waals surface area contributed by atoms with Gasteiger partial charge < -0.3 is 10.0 Å². The highest BCUT2D eigenvalue weighted by Crippen LogP contribution is 2.43. The molecule has 0 aromatic carbocycles. The number of carbonyl (C=O) groups is 1. The van der Waals surface area contributed by atoms with Crippen LogP contribution in [0.4, 0.5) is 0 Å². The second kappa shape index (κ2) is 6.68. The van der Waals surface area contributed by atoms with Crippen LogP contribution in [-0.2, 0) is 4.79 Å². The summed E-state index contributed by atoms with van der Waals surface area (Å²) in [5.74, 6) is 0.00175. The summed E-state index contributed by atoms with van der Waals surface area (Å²) in [5.41, 5.74) is 0.0445. The number of piperidine rings is 1. The average molecular weight is 295 g/mol. The van der Waals surface area contributed by atoms with Crippen LogP contribution < -0.4 is 0 Å². The maximum atomic E-state index is 11.9. The summed E-state index contributed by atoms with van der Waals surface area (Å²) in [6.45, 7) is 9.78. The minimum Gasteiger partial charge on any atom is -0.481 e. The second-order valence-corrected chi connectivity index (χ2v) is 7.77. The van der Waals surface area contributed by atoms with Gasteiger partial charge in [0.05, 0.1) is 5.41 Å². The number of carboxylic acid groups (broad SMARTS) is 1. The Morgan fingerprint density at radius 2 is 1.81 bits per heavy atom. The molecule has 21 heavy (non-hydrogen) atoms. The van der Waals surface area contributed by atoms with Gasteiger partial charge in [0.1, 0.15) is 0 Å². The standard InChI is InChI=1S/C18H33NO2/c1-4-17(5-2)9-11-19(12-10-17)14-18(16(20)21)8-6-7-15(3)13-18/h15H,4-14H2,1-3H3,(H,20,21). The van der Waals surface area contributed by atoms with E-state index in [0.29, 0.717) is 11.3 Å². The van der Waals surface area contributed by atoms with Gasteiger partial charge in [-0.2, -0.15) is 0 Å². The molecule has 1 saturated carbocycles. The van der Waals surface area contributed by atoms with E-state index in [-0.39, 0.29) is 0 Å². The Hall–Kier alpha value is -0.570. The van der Waals surface area contributed by atoms with Gasteiger partial charge in [0.15, 0.2) is 0 Å². The van der Waals surface area contributed by atoms with Crippen molar-refractivity contribution in [3.63, 3.8) is 0 Å². The number of hydrogen-bond acceptors (Lipinski definition) is 2. The number of rotatable bonds is 5. The fourth-order valence-electron chi connectivity index (χ4n) is 4.64. The van der Waals surface area contributed by atoms with E-state index in [9.17, 15) is 9.90 Å². The third-order valence-electron chi connectivity index (χ3n) is 6.49. The Morgan fingerprint density at radius 1 is 1.19 bits per heavy atom. The Labute approximate surface area is 130 Å². The summed E-state index contributed by atoms with van der Waals surface area (Å²) in [6.07, 6.45) is 9.02. The molecule has 1 N–H and O–H groups in total. The van der Waals surface area contributed by atoms with Crippen LogP contribution in [0.15, 0.2) is 0 Å². The fraction of sp³-hybridized carbons (Fsp3) is 0.944. The third-order valence-corrected chi connectivity index (χ3v) is 6.49. The first kappa shape index (κ1) is 16.8. The molecule has 2 fully saturated rings. The van der Waals surface area contributed by atoms with Crippen molar-refractivity contribution in [3.8, 4) is 0 Å². The van der Waals surface area contributed by atoms with Gasteiger partial charge in [-0.15, -0.1) is 0 Å². The van der Waals surface area contributed by atoms with Crippen molar-refractivity contribution < 1.29 is 9.90 Å². The van der Waals surface area contributed by atoms with Crippen LogP contribution in [0.3, 0.4) is 0 Å². The van der Waals surface area contributed by atoms with Gasteiger partial charge >= 0.3 is 5.97 Å². The molecule has 3 nitrogen and oxygen atoms in total. The highest BCUT2D eigenvalue weighted by atomic mass is 16.4. The van der Waals surface area contributed by atoms with Gasteiger partial charge in [-0.05, 0) is 50.1 Å². The highest BCUT2D eigenvalue weighted by molar-refractivity contribution is 5.75. The summed E-state index contributed by atoms with van der Waals surface area (Å²) in [7, 11) is 0. The van der Waals surface area contributed by atoms with E-state index >= 15 is 0 Å². The minimum absolute atomic E-state index is 0.476. The van der Waals surface area contributed by atoms with E-state index < -0.39 is 11.4 Å². The molecule has 122 valence electrons. The average Bonchev–Trinajstić information content (AvgIpc) is 2.48. The van der Waals surface area contributed by atoms with Crippen LogP contribution in [0.5, 0.6) is 0 Å². The van der Waals surface area contributed by atoms with Crippen molar-refractivity contribution >= 4 is 5.97 Å². The van der Waals surface area contributed by atoms with Crippen molar-refractivity contribution in [2.75, 3.05) is 19.6 Å². The molecule has 1 heterocycles. The van der Waals surface area contributed by atoms with E-state index in [1.54, 1.807) is 0 Å². The van der Waals surface area contributed by atoms with Gasteiger partial charge in [-0.3, -0.25) is 4.79 Å². The van der Waals surface area contributed by atoms with E-state index in [0.717, 1.165) is 38.9 Å². The molecule has 2 aliphatic rings. The van der Waals surface area contributed by atoms with Crippen molar-refractivity contribution in [1.29, 1.82) is 0 Å². The first-order valence-electron chi connectivity index (χ1n) is 8.91. The number of likely N-dealkylation sites (tertiary alicyclic amines) is 1. The molecule has 0 aromatic heterocycles. The zero-order valence-corrected chi connectivity index (χ0v) is 14.2. The van der Waals surface area contributed by atoms with Gasteiger partial charge in [0.25, 0.3) is 0 Å². The Bertz CT molecular complexity index is 354. The molecule has 0 spiro atoms. The Kier molecular flexibility index (Phi) is 5.34. The van der Waals surface area contributed by atoms with Crippen LogP contribution in [0, 0.1) is 16.7 Å². The lowest BCUT2D eigenvalue weighted by Crippen LogP contribution is -2.49. The molecule has 0 radical (unpaired) electrons. The van der Waals surface area contributed by atoms with Crippen LogP contribution in [0.1, 0.15) is 72.1 Å². The van der Waals surface area contributed by atoms with Crippen LogP contribution in [-0.4, -0.2) is 35.6 Å². The van der Waals surface area contributed by atoms with E-state index in [4.69, 9.17) is 0 Å². The Balaban J connectivity index is 1.98. The fourth-order valence-corrected chi connectivity index (χ4v) is 4.64. The molecule has 2 atom stereocenters. The van der Waals surface area contributed by atoms with E-state index in [1.807, 2.05) is 0 Å². The second-order valence-electron chi connectivity index (χ2n) is 7.77. The maximum absolute atomic E-state index is 11.9. The number of nitrogens with zero attached hydrogens (tertiary/aromatic N) is 1. The first-order valence-corrected chi connectivity index (χ1v) is 8.91. The predicted molar refractivity (Wildman–Crippen MR) is 86.4 cm³/mol. The minimum atomic E-state index is -0.558. The predicted octanol–water partition coefficient (Wildman–Crippen LogP) is 4.17. The SMILES string of the molecule is CCC1(CC)CCN(CC2(C(=O)O)CCCC(C)C2)CC1. The largest absolute Gasteiger partial charge is 0.481 e. The van der Waals surface area contributed by atoms with Gasteiger partial charge in [-0.1, -0.05) is 46.5 Å². The quantitative estimate of drug-likeness (QED) is 0.827. The van der Waals surface area contributed by atoms with Crippen molar-refractivity contribution in [2.45, 2.75) is 72.1 Å². The number of aliphatic carboxylic acids is 1. The molecule has 1 aliphatic carbocycles. The van der Waals surface area contributed by atoms with Gasteiger partial charge in [-0.25, -0.2) is 0 Å². The lowest BCUT2D eigenvalue weighted by atomic mass is 9.68. The molecule has 0 amide bonds. The lowest BCUT2D eigenvalue weighted by molar-refractivity contribution is -0.154. The zero-order chi connectivity index (χ0) is 15.5. The van der Waals surface area contributed by atoms with Crippen molar-refractivity contribution in [3.05, 3.63) is 0 Å². The summed E-state index contributed by atoms with van der Waals surface area (Å²) in [5, 5.41) is 9.81. The molecule has 1 saturated heterocycles. The van der Waals surface area contributed by atoms with Crippen LogP contribution in [0.2, 0.25) is 0 Å². The third kappa shape index (κ3) is 3.61. The summed E-state index contributed by atoms with van der Waals surface area (Å²) >= 11 is 0. The van der Waals surface area contributed by atoms with Gasteiger partial charge in [0.2, 0.25) is 0 Å². The molecular weight excluding hydrogens is 262 g/mol. The molecule has 0 aromatic rings. The summed E-state index contributed by atoms with van der Waals surface area (Å²) < 4.78 is 0. The molecule has 2 unspecified atom stereocenters. The molecule has 0 bridgehead atoms. The molecular formula is C18H33NO2. The van der Waals surface area contributed by atoms with Crippen LogP contribution >= 0.6 is 0 Å². The monoisotopic (exact) mass is 295 g/mol. The number of carboxylic acids is 1. The van der Waals surface area contributed by atoms with Gasteiger partial charge in [0, 0.05) is 6.54 Å². The van der Waals surface area contributed by atoms with Crippen molar-refractivity contribution in [2.24, 2.45) is 16.7 Å². The topological polar surface area (TPSA) is 40.5 Å². The first-order chi connectivity index (χ1) is 9.95. The highest BCUT2D eigenvalue weighted by Gasteiger charge is 2.44. The smallest absolute Gasteiger partial charge is 0.310 e. The Morgan fingerprint density at radius 3 is 2.29 bits per heavy atom. The summed E-state index contributed by atoms with van der Waals surface area (Å²) in [4.78, 5) is 14.3. The molecule has 1 aliphatic heterocycles.